The molecule has 0 amide bonds. The van der Waals surface area contributed by atoms with E-state index in [9.17, 15) is 18.5 Å². The molecule has 1 rings (SSSR count). The summed E-state index contributed by atoms with van der Waals surface area (Å²) in [4.78, 5) is 9.97. The number of nitrogens with two attached hydrogens (primary N) is 1. The van der Waals surface area contributed by atoms with Gasteiger partial charge in [-0.15, -0.1) is 0 Å². The van der Waals surface area contributed by atoms with E-state index < -0.39 is 14.9 Å². The van der Waals surface area contributed by atoms with E-state index in [0.717, 1.165) is 0 Å². The molecule has 0 aromatic heterocycles. The number of benzene rings is 1. The Morgan fingerprint density at radius 1 is 1.47 bits per heavy atom. The van der Waals surface area contributed by atoms with E-state index in [2.05, 4.69) is 0 Å². The van der Waals surface area contributed by atoms with Crippen LogP contribution < -0.4 is 9.88 Å². The van der Waals surface area contributed by atoms with Gasteiger partial charge in [-0.05, 0) is 18.6 Å². The van der Waals surface area contributed by atoms with E-state index in [4.69, 9.17) is 9.88 Å². The Morgan fingerprint density at radius 3 is 2.59 bits per heavy atom. The molecule has 0 heterocycles. The summed E-state index contributed by atoms with van der Waals surface area (Å²) in [6, 6.07) is 4.07. The van der Waals surface area contributed by atoms with Crippen molar-refractivity contribution in [3.63, 3.8) is 0 Å². The van der Waals surface area contributed by atoms with Gasteiger partial charge in [-0.25, -0.2) is 13.6 Å². The lowest BCUT2D eigenvalue weighted by Crippen LogP contribution is -2.21. The van der Waals surface area contributed by atoms with Gasteiger partial charge in [0.1, 0.15) is 12.4 Å². The van der Waals surface area contributed by atoms with Crippen molar-refractivity contribution in [3.05, 3.63) is 33.9 Å². The number of aryl methyl sites for hydroxylation is 1. The van der Waals surface area contributed by atoms with Gasteiger partial charge in [0.2, 0.25) is 10.0 Å². The average molecular weight is 260 g/mol. The molecule has 8 heteroatoms. The predicted octanol–water partition coefficient (Wildman–Crippen LogP) is 0.571. The zero-order valence-corrected chi connectivity index (χ0v) is 9.94. The molecule has 0 aliphatic rings. The summed E-state index contributed by atoms with van der Waals surface area (Å²) in [5.41, 5.74) is 0.523. The van der Waals surface area contributed by atoms with Gasteiger partial charge in [0.05, 0.1) is 10.7 Å². The standard InChI is InChI=1S/C9H12N2O5S/c1-7-6-8(11(12)13)2-3-9(7)16-4-5-17(10,14)15/h2-3,6H,4-5H2,1H3,(H2,10,14,15). The normalized spacial score (nSPS) is 11.2. The Morgan fingerprint density at radius 2 is 2.12 bits per heavy atom. The minimum atomic E-state index is -3.56. The van der Waals surface area contributed by atoms with Gasteiger partial charge in [0, 0.05) is 12.1 Å². The highest BCUT2D eigenvalue weighted by molar-refractivity contribution is 7.89. The van der Waals surface area contributed by atoms with E-state index in [0.29, 0.717) is 11.3 Å². The van der Waals surface area contributed by atoms with Crippen LogP contribution in [0.2, 0.25) is 0 Å². The first kappa shape index (κ1) is 13.4. The van der Waals surface area contributed by atoms with Crippen molar-refractivity contribution in [2.24, 2.45) is 5.14 Å². The monoisotopic (exact) mass is 260 g/mol. The number of rotatable bonds is 5. The zero-order chi connectivity index (χ0) is 13.1. The number of sulfonamides is 1. The third-order valence-electron chi connectivity index (χ3n) is 1.99. The first-order valence-electron chi connectivity index (χ1n) is 4.68. The second kappa shape index (κ2) is 5.11. The molecule has 7 nitrogen and oxygen atoms in total. The molecule has 94 valence electrons. The highest BCUT2D eigenvalue weighted by atomic mass is 32.2. The van der Waals surface area contributed by atoms with E-state index >= 15 is 0 Å². The van der Waals surface area contributed by atoms with E-state index in [1.807, 2.05) is 0 Å². The molecule has 2 N–H and O–H groups in total. The number of nitro groups is 1. The molecule has 0 atom stereocenters. The fourth-order valence-corrected chi connectivity index (χ4v) is 1.49. The summed E-state index contributed by atoms with van der Waals surface area (Å²) in [5, 5.41) is 15.3. The van der Waals surface area contributed by atoms with Crippen LogP contribution in [0.15, 0.2) is 18.2 Å². The number of hydrogen-bond acceptors (Lipinski definition) is 5. The Labute approximate surface area is 98.4 Å². The first-order chi connectivity index (χ1) is 7.79. The van der Waals surface area contributed by atoms with Crippen LogP contribution in [-0.4, -0.2) is 25.7 Å². The molecule has 1 aromatic rings. The number of hydrogen-bond donors (Lipinski definition) is 1. The van der Waals surface area contributed by atoms with Gasteiger partial charge in [0.25, 0.3) is 5.69 Å². The summed E-state index contributed by atoms with van der Waals surface area (Å²) < 4.78 is 26.5. The zero-order valence-electron chi connectivity index (χ0n) is 9.12. The van der Waals surface area contributed by atoms with Gasteiger partial charge < -0.3 is 4.74 Å². The van der Waals surface area contributed by atoms with Crippen molar-refractivity contribution in [2.45, 2.75) is 6.92 Å². The summed E-state index contributed by atoms with van der Waals surface area (Å²) in [5.74, 6) is 0.0999. The van der Waals surface area contributed by atoms with Gasteiger partial charge in [-0.1, -0.05) is 0 Å². The highest BCUT2D eigenvalue weighted by Gasteiger charge is 2.09. The second-order valence-electron chi connectivity index (χ2n) is 3.42. The molecule has 0 aliphatic carbocycles. The highest BCUT2D eigenvalue weighted by Crippen LogP contribution is 2.22. The molecular formula is C9H12N2O5S. The van der Waals surface area contributed by atoms with Gasteiger partial charge in [0.15, 0.2) is 0 Å². The second-order valence-corrected chi connectivity index (χ2v) is 5.16. The van der Waals surface area contributed by atoms with Crippen molar-refractivity contribution < 1.29 is 18.1 Å². The number of primary sulfonamides is 1. The molecule has 0 saturated heterocycles. The Kier molecular flexibility index (Phi) is 4.02. The van der Waals surface area contributed by atoms with Crippen LogP contribution in [0, 0.1) is 17.0 Å². The van der Waals surface area contributed by atoms with Crippen molar-refractivity contribution >= 4 is 15.7 Å². The topological polar surface area (TPSA) is 113 Å². The molecule has 0 saturated carbocycles. The number of ether oxygens (including phenoxy) is 1. The quantitative estimate of drug-likeness (QED) is 0.614. The van der Waals surface area contributed by atoms with Crippen LogP contribution in [0.3, 0.4) is 0 Å². The van der Waals surface area contributed by atoms with Crippen LogP contribution in [0.5, 0.6) is 5.75 Å². The maximum atomic E-state index is 10.7. The molecule has 0 unspecified atom stereocenters. The van der Waals surface area contributed by atoms with Crippen LogP contribution in [0.25, 0.3) is 0 Å². The number of nitro benzene ring substituents is 1. The maximum absolute atomic E-state index is 10.7. The number of nitrogens with zero attached hydrogens (tertiary/aromatic N) is 1. The third kappa shape index (κ3) is 4.37. The van der Waals surface area contributed by atoms with Gasteiger partial charge in [-0.3, -0.25) is 10.1 Å². The van der Waals surface area contributed by atoms with Crippen molar-refractivity contribution in [1.82, 2.24) is 0 Å². The molecule has 0 radical (unpaired) electrons. The molecule has 17 heavy (non-hydrogen) atoms. The predicted molar refractivity (Wildman–Crippen MR) is 61.3 cm³/mol. The SMILES string of the molecule is Cc1cc([N+](=O)[O-])ccc1OCCS(N)(=O)=O. The minimum absolute atomic E-state index is 0.0405. The van der Waals surface area contributed by atoms with Crippen LogP contribution >= 0.6 is 0 Å². The fourth-order valence-electron chi connectivity index (χ4n) is 1.18. The molecule has 0 fully saturated rings. The van der Waals surface area contributed by atoms with Gasteiger partial charge >= 0.3 is 0 Å². The van der Waals surface area contributed by atoms with Crippen LogP contribution in [0.1, 0.15) is 5.56 Å². The third-order valence-corrected chi connectivity index (χ3v) is 2.73. The first-order valence-corrected chi connectivity index (χ1v) is 6.39. The van der Waals surface area contributed by atoms with Crippen molar-refractivity contribution in [2.75, 3.05) is 12.4 Å². The lowest BCUT2D eigenvalue weighted by molar-refractivity contribution is -0.384. The maximum Gasteiger partial charge on any atom is 0.269 e. The smallest absolute Gasteiger partial charge is 0.269 e. The minimum Gasteiger partial charge on any atom is -0.492 e. The molecule has 0 aliphatic heterocycles. The summed E-state index contributed by atoms with van der Waals surface area (Å²) >= 11 is 0. The van der Waals surface area contributed by atoms with Crippen LogP contribution in [0.4, 0.5) is 5.69 Å². The lowest BCUT2D eigenvalue weighted by atomic mass is 10.2. The molecule has 1 aromatic carbocycles. The fraction of sp³-hybridized carbons (Fsp3) is 0.333. The molecule has 0 bridgehead atoms. The Bertz CT molecular complexity index is 526. The van der Waals surface area contributed by atoms with Crippen LogP contribution in [-0.2, 0) is 10.0 Å². The lowest BCUT2D eigenvalue weighted by Gasteiger charge is -2.07. The van der Waals surface area contributed by atoms with E-state index in [1.54, 1.807) is 6.92 Å². The van der Waals surface area contributed by atoms with Crippen molar-refractivity contribution in [3.8, 4) is 5.75 Å². The van der Waals surface area contributed by atoms with Gasteiger partial charge in [-0.2, -0.15) is 0 Å². The van der Waals surface area contributed by atoms with E-state index in [-0.39, 0.29) is 18.0 Å². The summed E-state index contributed by atoms with van der Waals surface area (Å²) in [6.45, 7) is 1.55. The largest absolute Gasteiger partial charge is 0.492 e. The summed E-state index contributed by atoms with van der Waals surface area (Å²) in [6.07, 6.45) is 0. The Balaban J connectivity index is 2.70. The average Bonchev–Trinajstić information content (AvgIpc) is 2.18. The number of non-ortho nitro benzene ring substituents is 1. The van der Waals surface area contributed by atoms with Crippen molar-refractivity contribution in [1.29, 1.82) is 0 Å². The molecule has 0 spiro atoms. The summed E-state index contributed by atoms with van der Waals surface area (Å²) in [7, 11) is -3.56. The Hall–Kier alpha value is -1.67. The molecular weight excluding hydrogens is 248 g/mol. The van der Waals surface area contributed by atoms with E-state index in [1.165, 1.54) is 18.2 Å².